The van der Waals surface area contributed by atoms with Gasteiger partial charge in [0, 0.05) is 10.1 Å². The summed E-state index contributed by atoms with van der Waals surface area (Å²) in [6, 6.07) is 17.4. The zero-order valence-electron chi connectivity index (χ0n) is 12.2. The molecule has 1 heterocycles. The van der Waals surface area contributed by atoms with Crippen molar-refractivity contribution in [3.63, 3.8) is 0 Å². The molecule has 1 aliphatic heterocycles. The molecule has 0 saturated carbocycles. The van der Waals surface area contributed by atoms with Crippen LogP contribution in [0.2, 0.25) is 0 Å². The molecular formula is C16H16O4S3. The number of hydrogen-bond donors (Lipinski definition) is 0. The minimum Gasteiger partial charge on any atom is -0.229 e. The van der Waals surface area contributed by atoms with Gasteiger partial charge < -0.3 is 0 Å². The predicted molar refractivity (Wildman–Crippen MR) is 92.2 cm³/mol. The van der Waals surface area contributed by atoms with E-state index in [0.29, 0.717) is 0 Å². The molecule has 122 valence electrons. The van der Waals surface area contributed by atoms with Gasteiger partial charge in [-0.1, -0.05) is 36.4 Å². The van der Waals surface area contributed by atoms with Gasteiger partial charge in [-0.05, 0) is 24.3 Å². The molecule has 2 aromatic carbocycles. The molecule has 0 aliphatic carbocycles. The molecule has 0 aromatic heterocycles. The third-order valence-corrected chi connectivity index (χ3v) is 9.64. The Morgan fingerprint density at radius 2 is 1.43 bits per heavy atom. The minimum absolute atomic E-state index is 0.108. The average molecular weight is 369 g/mol. The molecule has 1 aliphatic rings. The molecule has 1 fully saturated rings. The van der Waals surface area contributed by atoms with Gasteiger partial charge in [-0.15, -0.1) is 11.8 Å². The molecule has 2 aromatic rings. The summed E-state index contributed by atoms with van der Waals surface area (Å²) in [4.78, 5) is 1.06. The smallest absolute Gasteiger partial charge is 0.183 e. The summed E-state index contributed by atoms with van der Waals surface area (Å²) in [5, 5.41) is -1.41. The van der Waals surface area contributed by atoms with Crippen molar-refractivity contribution in [2.45, 2.75) is 20.3 Å². The van der Waals surface area contributed by atoms with Crippen molar-refractivity contribution in [3.05, 3.63) is 60.7 Å². The van der Waals surface area contributed by atoms with E-state index in [2.05, 4.69) is 0 Å². The monoisotopic (exact) mass is 368 g/mol. The van der Waals surface area contributed by atoms with Gasteiger partial charge in [0.05, 0.1) is 21.7 Å². The molecule has 2 unspecified atom stereocenters. The van der Waals surface area contributed by atoms with Crippen LogP contribution in [0.15, 0.2) is 70.5 Å². The summed E-state index contributed by atoms with van der Waals surface area (Å²) in [7, 11) is -7.03. The fourth-order valence-electron chi connectivity index (χ4n) is 2.64. The summed E-state index contributed by atoms with van der Waals surface area (Å²) in [6.45, 7) is 0. The van der Waals surface area contributed by atoms with Gasteiger partial charge in [0.2, 0.25) is 0 Å². The summed E-state index contributed by atoms with van der Waals surface area (Å²) in [6.07, 6.45) is 0. The van der Waals surface area contributed by atoms with Gasteiger partial charge in [-0.2, -0.15) is 0 Å². The normalized spacial score (nSPS) is 23.7. The van der Waals surface area contributed by atoms with Crippen LogP contribution in [0.5, 0.6) is 0 Å². The van der Waals surface area contributed by atoms with Crippen LogP contribution in [0.4, 0.5) is 0 Å². The van der Waals surface area contributed by atoms with Crippen LogP contribution in [0, 0.1) is 0 Å². The van der Waals surface area contributed by atoms with Crippen LogP contribution < -0.4 is 0 Å². The molecule has 2 atom stereocenters. The maximum Gasteiger partial charge on any atom is 0.183 e. The van der Waals surface area contributed by atoms with Crippen molar-refractivity contribution in [1.29, 1.82) is 0 Å². The van der Waals surface area contributed by atoms with E-state index >= 15 is 0 Å². The lowest BCUT2D eigenvalue weighted by Crippen LogP contribution is -2.31. The van der Waals surface area contributed by atoms with Gasteiger partial charge in [-0.25, -0.2) is 16.8 Å². The second-order valence-electron chi connectivity index (χ2n) is 5.44. The number of rotatable bonds is 4. The van der Waals surface area contributed by atoms with Crippen molar-refractivity contribution < 1.29 is 16.8 Å². The van der Waals surface area contributed by atoms with E-state index in [0.717, 1.165) is 4.90 Å². The zero-order valence-corrected chi connectivity index (χ0v) is 14.6. The number of thioether (sulfide) groups is 1. The van der Waals surface area contributed by atoms with Gasteiger partial charge in [-0.3, -0.25) is 0 Å². The summed E-state index contributed by atoms with van der Waals surface area (Å²) < 4.78 is 49.8. The number of sulfone groups is 2. The summed E-state index contributed by atoms with van der Waals surface area (Å²) in [5.74, 6) is -0.419. The van der Waals surface area contributed by atoms with Crippen molar-refractivity contribution in [2.75, 3.05) is 11.5 Å². The van der Waals surface area contributed by atoms with Crippen LogP contribution in [0.3, 0.4) is 0 Å². The largest absolute Gasteiger partial charge is 0.229 e. The molecule has 1 saturated heterocycles. The van der Waals surface area contributed by atoms with Crippen LogP contribution in [-0.2, 0) is 19.7 Å². The highest BCUT2D eigenvalue weighted by Gasteiger charge is 2.46. The van der Waals surface area contributed by atoms with Gasteiger partial charge in [0.15, 0.2) is 19.7 Å². The molecule has 7 heteroatoms. The predicted octanol–water partition coefficient (Wildman–Crippen LogP) is 2.42. The minimum atomic E-state index is -3.68. The zero-order chi connectivity index (χ0) is 16.5. The Hall–Kier alpha value is -1.31. The highest BCUT2D eigenvalue weighted by molar-refractivity contribution is 8.04. The Labute approximate surface area is 140 Å². The van der Waals surface area contributed by atoms with Crippen molar-refractivity contribution in [2.24, 2.45) is 0 Å². The Morgan fingerprint density at radius 1 is 0.870 bits per heavy atom. The summed E-state index contributed by atoms with van der Waals surface area (Å²) in [5.41, 5.74) is 0. The fourth-order valence-corrected chi connectivity index (χ4v) is 9.62. The molecule has 3 rings (SSSR count). The molecular weight excluding hydrogens is 352 g/mol. The van der Waals surface area contributed by atoms with Crippen LogP contribution in [0.25, 0.3) is 0 Å². The first-order valence-corrected chi connectivity index (χ1v) is 11.3. The fraction of sp³-hybridized carbons (Fsp3) is 0.250. The number of benzene rings is 2. The molecule has 4 nitrogen and oxygen atoms in total. The lowest BCUT2D eigenvalue weighted by Gasteiger charge is -2.18. The average Bonchev–Trinajstić information content (AvgIpc) is 2.84. The topological polar surface area (TPSA) is 68.3 Å². The summed E-state index contributed by atoms with van der Waals surface area (Å²) >= 11 is 1.32. The molecule has 23 heavy (non-hydrogen) atoms. The lowest BCUT2D eigenvalue weighted by molar-refractivity contribution is 0.583. The van der Waals surface area contributed by atoms with Gasteiger partial charge >= 0.3 is 0 Å². The van der Waals surface area contributed by atoms with E-state index in [9.17, 15) is 16.8 Å². The molecule has 0 N–H and O–H groups in total. The Kier molecular flexibility index (Phi) is 4.53. The van der Waals surface area contributed by atoms with Crippen molar-refractivity contribution in [1.82, 2.24) is 0 Å². The number of hydrogen-bond acceptors (Lipinski definition) is 5. The first-order chi connectivity index (χ1) is 10.9. The molecule has 0 radical (unpaired) electrons. The van der Waals surface area contributed by atoms with E-state index in [1.807, 2.05) is 30.3 Å². The second kappa shape index (κ2) is 6.30. The third-order valence-electron chi connectivity index (χ3n) is 3.75. The molecule has 0 amide bonds. The highest BCUT2D eigenvalue weighted by Crippen LogP contribution is 2.36. The highest BCUT2D eigenvalue weighted by atomic mass is 32.2. The Balaban J connectivity index is 1.95. The van der Waals surface area contributed by atoms with E-state index in [4.69, 9.17) is 0 Å². The van der Waals surface area contributed by atoms with Crippen LogP contribution in [-0.4, -0.2) is 38.8 Å². The Morgan fingerprint density at radius 3 is 2.04 bits per heavy atom. The van der Waals surface area contributed by atoms with E-state index in [1.165, 1.54) is 23.9 Å². The maximum absolute atomic E-state index is 12.8. The first-order valence-electron chi connectivity index (χ1n) is 7.09. The van der Waals surface area contributed by atoms with Gasteiger partial charge in [0.25, 0.3) is 0 Å². The third kappa shape index (κ3) is 3.62. The first kappa shape index (κ1) is 16.5. The van der Waals surface area contributed by atoms with E-state index in [1.54, 1.807) is 18.2 Å². The maximum atomic E-state index is 12.8. The molecule has 0 bridgehead atoms. The van der Waals surface area contributed by atoms with E-state index in [-0.39, 0.29) is 16.4 Å². The SMILES string of the molecule is O=S1(=O)CC(Sc2ccccc2)C(S(=O)(=O)c2ccccc2)C1. The van der Waals surface area contributed by atoms with Crippen LogP contribution >= 0.6 is 11.8 Å². The van der Waals surface area contributed by atoms with E-state index < -0.39 is 30.2 Å². The van der Waals surface area contributed by atoms with Crippen molar-refractivity contribution >= 4 is 31.4 Å². The Bertz CT molecular complexity index is 875. The molecule has 0 spiro atoms. The van der Waals surface area contributed by atoms with Crippen molar-refractivity contribution in [3.8, 4) is 0 Å². The van der Waals surface area contributed by atoms with Crippen LogP contribution in [0.1, 0.15) is 0 Å². The quantitative estimate of drug-likeness (QED) is 0.829. The van der Waals surface area contributed by atoms with Gasteiger partial charge in [0.1, 0.15) is 0 Å². The standard InChI is InChI=1S/C16H16O4S3/c17-22(18)11-15(21-13-7-3-1-4-8-13)16(12-22)23(19,20)14-9-5-2-6-10-14/h1-10,15-16H,11-12H2. The lowest BCUT2D eigenvalue weighted by atomic mass is 10.3. The second-order valence-corrected chi connectivity index (χ2v) is 11.1.